The number of pyridine rings is 1. The maximum atomic E-state index is 13.4. The molecular weight excluding hydrogens is 482 g/mol. The third kappa shape index (κ3) is 4.51. The van der Waals surface area contributed by atoms with Crippen molar-refractivity contribution in [3.63, 3.8) is 0 Å². The van der Waals surface area contributed by atoms with Gasteiger partial charge in [0.1, 0.15) is 12.2 Å². The summed E-state index contributed by atoms with van der Waals surface area (Å²) in [5, 5.41) is 8.14. The Morgan fingerprint density at radius 2 is 1.76 bits per heavy atom. The van der Waals surface area contributed by atoms with E-state index < -0.39 is 21.2 Å². The Labute approximate surface area is 203 Å². The Kier molecular flexibility index (Phi) is 6.89. The molecule has 0 bridgehead atoms. The number of halogens is 1. The van der Waals surface area contributed by atoms with E-state index in [4.69, 9.17) is 21.1 Å². The SMILES string of the molecule is COc1ncnc(OC)c1-n1c(NS(=O)(=O)[C@@H](C)[C@H](C)c2ccc(Cl)cn2)nnc1C1CCC1. The molecule has 0 radical (unpaired) electrons. The van der Waals surface area contributed by atoms with Crippen molar-refractivity contribution in [2.75, 3.05) is 18.9 Å². The van der Waals surface area contributed by atoms with Crippen molar-refractivity contribution in [1.82, 2.24) is 29.7 Å². The summed E-state index contributed by atoms with van der Waals surface area (Å²) in [5.74, 6) is 0.724. The summed E-state index contributed by atoms with van der Waals surface area (Å²) in [4.78, 5) is 12.6. The monoisotopic (exact) mass is 507 g/mol. The van der Waals surface area contributed by atoms with Gasteiger partial charge in [-0.3, -0.25) is 14.3 Å². The molecule has 0 aliphatic heterocycles. The summed E-state index contributed by atoms with van der Waals surface area (Å²) in [6.07, 6.45) is 5.69. The van der Waals surface area contributed by atoms with Gasteiger partial charge in [-0.05, 0) is 31.9 Å². The van der Waals surface area contributed by atoms with E-state index in [0.717, 1.165) is 19.3 Å². The second-order valence-corrected chi connectivity index (χ2v) is 10.6. The van der Waals surface area contributed by atoms with E-state index >= 15 is 0 Å². The average Bonchev–Trinajstić information content (AvgIpc) is 3.18. The Hall–Kier alpha value is -2.99. The Balaban J connectivity index is 1.74. The maximum Gasteiger partial charge on any atom is 0.245 e. The fourth-order valence-electron chi connectivity index (χ4n) is 3.74. The summed E-state index contributed by atoms with van der Waals surface area (Å²) in [5.41, 5.74) is 0.941. The fourth-order valence-corrected chi connectivity index (χ4v) is 5.10. The molecule has 2 atom stereocenters. The van der Waals surface area contributed by atoms with E-state index in [1.165, 1.54) is 26.7 Å². The lowest BCUT2D eigenvalue weighted by Gasteiger charge is -2.26. The Morgan fingerprint density at radius 3 is 2.29 bits per heavy atom. The van der Waals surface area contributed by atoms with Gasteiger partial charge in [-0.25, -0.2) is 8.42 Å². The van der Waals surface area contributed by atoms with Crippen LogP contribution in [0.5, 0.6) is 11.8 Å². The zero-order valence-electron chi connectivity index (χ0n) is 19.3. The number of hydrogen-bond acceptors (Lipinski definition) is 9. The average molecular weight is 508 g/mol. The number of aromatic nitrogens is 6. The number of nitrogens with zero attached hydrogens (tertiary/aromatic N) is 6. The predicted octanol–water partition coefficient (Wildman–Crippen LogP) is 3.32. The van der Waals surface area contributed by atoms with E-state index in [0.29, 0.717) is 22.2 Å². The molecule has 3 aromatic rings. The van der Waals surface area contributed by atoms with Crippen molar-refractivity contribution in [2.45, 2.75) is 50.2 Å². The first kappa shape index (κ1) is 24.1. The van der Waals surface area contributed by atoms with Gasteiger partial charge in [-0.15, -0.1) is 10.2 Å². The first-order chi connectivity index (χ1) is 16.3. The molecule has 1 fully saturated rings. The van der Waals surface area contributed by atoms with Crippen LogP contribution in [0.1, 0.15) is 56.5 Å². The molecule has 0 aromatic carbocycles. The fraction of sp³-hybridized carbons (Fsp3) is 0.476. The van der Waals surface area contributed by atoms with E-state index in [2.05, 4.69) is 29.9 Å². The molecule has 13 heteroatoms. The molecule has 3 aromatic heterocycles. The minimum Gasteiger partial charge on any atom is -0.479 e. The Bertz CT molecular complexity index is 1240. The van der Waals surface area contributed by atoms with Crippen LogP contribution in [0, 0.1) is 0 Å². The molecule has 34 heavy (non-hydrogen) atoms. The second kappa shape index (κ2) is 9.71. The minimum atomic E-state index is -3.91. The van der Waals surface area contributed by atoms with Gasteiger partial charge in [-0.2, -0.15) is 9.97 Å². The standard InChI is InChI=1S/C21H26ClN7O4S/c1-12(16-9-8-15(22)10-23-16)13(2)34(30,31)28-21-27-26-18(14-6-5-7-14)29(21)17-19(32-3)24-11-25-20(17)33-4/h8-14H,5-7H2,1-4H3,(H,27,28)/t12-,13-/m0/s1. The maximum absolute atomic E-state index is 13.4. The smallest absolute Gasteiger partial charge is 0.245 e. The highest BCUT2D eigenvalue weighted by molar-refractivity contribution is 7.93. The van der Waals surface area contributed by atoms with Gasteiger partial charge < -0.3 is 9.47 Å². The largest absolute Gasteiger partial charge is 0.479 e. The zero-order valence-corrected chi connectivity index (χ0v) is 20.8. The number of rotatable bonds is 9. The van der Waals surface area contributed by atoms with Crippen molar-refractivity contribution in [3.05, 3.63) is 41.2 Å². The first-order valence-corrected chi connectivity index (χ1v) is 12.7. The molecule has 1 aliphatic carbocycles. The molecule has 0 unspecified atom stereocenters. The molecule has 3 heterocycles. The lowest BCUT2D eigenvalue weighted by Crippen LogP contribution is -2.31. The van der Waals surface area contributed by atoms with Crippen LogP contribution in [-0.2, 0) is 10.0 Å². The van der Waals surface area contributed by atoms with Crippen molar-refractivity contribution >= 4 is 27.6 Å². The van der Waals surface area contributed by atoms with Gasteiger partial charge >= 0.3 is 0 Å². The van der Waals surface area contributed by atoms with Crippen LogP contribution >= 0.6 is 11.6 Å². The summed E-state index contributed by atoms with van der Waals surface area (Å²) >= 11 is 5.92. The highest BCUT2D eigenvalue weighted by Crippen LogP contribution is 2.40. The normalized spacial score (nSPS) is 15.9. The number of methoxy groups -OCH3 is 2. The van der Waals surface area contributed by atoms with Gasteiger partial charge in [0.2, 0.25) is 27.7 Å². The van der Waals surface area contributed by atoms with Gasteiger partial charge in [0.25, 0.3) is 0 Å². The molecular formula is C21H26ClN7O4S. The molecule has 182 valence electrons. The lowest BCUT2D eigenvalue weighted by atomic mass is 9.85. The highest BCUT2D eigenvalue weighted by Gasteiger charge is 2.34. The molecule has 0 saturated heterocycles. The topological polar surface area (TPSA) is 134 Å². The minimum absolute atomic E-state index is 0.0106. The third-order valence-corrected chi connectivity index (χ3v) is 8.25. The van der Waals surface area contributed by atoms with Crippen LogP contribution in [0.4, 0.5) is 5.95 Å². The van der Waals surface area contributed by atoms with Crippen molar-refractivity contribution in [2.24, 2.45) is 0 Å². The van der Waals surface area contributed by atoms with Crippen LogP contribution < -0.4 is 14.2 Å². The molecule has 11 nitrogen and oxygen atoms in total. The first-order valence-electron chi connectivity index (χ1n) is 10.8. The number of anilines is 1. The number of sulfonamides is 1. The summed E-state index contributed by atoms with van der Waals surface area (Å²) in [6, 6.07) is 3.40. The second-order valence-electron chi connectivity index (χ2n) is 8.13. The predicted molar refractivity (Wildman–Crippen MR) is 126 cm³/mol. The van der Waals surface area contributed by atoms with Crippen LogP contribution in [0.2, 0.25) is 5.02 Å². The van der Waals surface area contributed by atoms with Gasteiger partial charge in [-0.1, -0.05) is 24.9 Å². The van der Waals surface area contributed by atoms with Crippen molar-refractivity contribution < 1.29 is 17.9 Å². The quantitative estimate of drug-likeness (QED) is 0.462. The number of nitrogens with one attached hydrogen (secondary N) is 1. The lowest BCUT2D eigenvalue weighted by molar-refractivity contribution is 0.362. The van der Waals surface area contributed by atoms with Crippen molar-refractivity contribution in [3.8, 4) is 17.4 Å². The van der Waals surface area contributed by atoms with Gasteiger partial charge in [0.15, 0.2) is 5.69 Å². The summed E-state index contributed by atoms with van der Waals surface area (Å²) in [6.45, 7) is 3.41. The molecule has 1 N–H and O–H groups in total. The molecule has 4 rings (SSSR count). The van der Waals surface area contributed by atoms with Crippen LogP contribution in [0.25, 0.3) is 5.69 Å². The van der Waals surface area contributed by atoms with E-state index in [9.17, 15) is 8.42 Å². The van der Waals surface area contributed by atoms with Crippen molar-refractivity contribution in [1.29, 1.82) is 0 Å². The third-order valence-electron chi connectivity index (χ3n) is 6.17. The van der Waals surface area contributed by atoms with E-state index in [1.54, 1.807) is 30.5 Å². The van der Waals surface area contributed by atoms with E-state index in [-0.39, 0.29) is 23.6 Å². The molecule has 1 saturated carbocycles. The summed E-state index contributed by atoms with van der Waals surface area (Å²) < 4.78 is 41.9. The van der Waals surface area contributed by atoms with Crippen LogP contribution in [0.3, 0.4) is 0 Å². The molecule has 1 aliphatic rings. The number of hydrogen-bond donors (Lipinski definition) is 1. The molecule has 0 amide bonds. The van der Waals surface area contributed by atoms with Gasteiger partial charge in [0.05, 0.1) is 24.5 Å². The van der Waals surface area contributed by atoms with E-state index in [1.807, 2.05) is 0 Å². The Morgan fingerprint density at radius 1 is 1.09 bits per heavy atom. The zero-order chi connectivity index (χ0) is 24.5. The molecule has 0 spiro atoms. The van der Waals surface area contributed by atoms with Crippen LogP contribution in [0.15, 0.2) is 24.7 Å². The summed E-state index contributed by atoms with van der Waals surface area (Å²) in [7, 11) is -0.983. The number of ether oxygens (including phenoxy) is 2. The van der Waals surface area contributed by atoms with Crippen LogP contribution in [-0.4, -0.2) is 57.6 Å². The van der Waals surface area contributed by atoms with Gasteiger partial charge in [0, 0.05) is 23.7 Å². The highest BCUT2D eigenvalue weighted by atomic mass is 35.5.